The first-order valence-corrected chi connectivity index (χ1v) is 4.68. The lowest BCUT2D eigenvalue weighted by atomic mass is 10.1. The second kappa shape index (κ2) is 4.07. The summed E-state index contributed by atoms with van der Waals surface area (Å²) < 4.78 is 0. The Morgan fingerprint density at radius 1 is 1.38 bits per heavy atom. The Hall–Kier alpha value is -0.610. The summed E-state index contributed by atoms with van der Waals surface area (Å²) in [6, 6.07) is 0.515. The third-order valence-corrected chi connectivity index (χ3v) is 2.74. The van der Waals surface area contributed by atoms with Crippen LogP contribution in [0, 0.1) is 0 Å². The van der Waals surface area contributed by atoms with Gasteiger partial charge >= 0.3 is 0 Å². The maximum absolute atomic E-state index is 11.6. The molecule has 1 saturated heterocycles. The van der Waals surface area contributed by atoms with E-state index in [4.69, 9.17) is 0 Å². The van der Waals surface area contributed by atoms with Gasteiger partial charge in [0, 0.05) is 33.2 Å². The Labute approximate surface area is 79.9 Å². The Morgan fingerprint density at radius 2 is 1.92 bits per heavy atom. The highest BCUT2D eigenvalue weighted by Gasteiger charge is 2.29. The molecule has 1 amide bonds. The van der Waals surface area contributed by atoms with Crippen LogP contribution in [0.25, 0.3) is 0 Å². The minimum Gasteiger partial charge on any atom is -0.347 e. The predicted octanol–water partition coefficient (Wildman–Crippen LogP) is -0.633. The molecule has 0 radical (unpaired) electrons. The summed E-state index contributed by atoms with van der Waals surface area (Å²) in [6.07, 6.45) is 0. The first kappa shape index (κ1) is 10.5. The molecule has 1 fully saturated rings. The third-order valence-electron chi connectivity index (χ3n) is 2.74. The van der Waals surface area contributed by atoms with E-state index in [1.807, 2.05) is 14.0 Å². The van der Waals surface area contributed by atoms with Crippen molar-refractivity contribution in [3.05, 3.63) is 0 Å². The van der Waals surface area contributed by atoms with E-state index in [1.165, 1.54) is 0 Å². The first-order chi connectivity index (χ1) is 6.04. The lowest BCUT2D eigenvalue weighted by Crippen LogP contribution is -2.60. The molecule has 76 valence electrons. The molecule has 4 heteroatoms. The van der Waals surface area contributed by atoms with Crippen LogP contribution in [0.3, 0.4) is 0 Å². The minimum absolute atomic E-state index is 0.0119. The fourth-order valence-corrected chi connectivity index (χ4v) is 1.43. The van der Waals surface area contributed by atoms with Gasteiger partial charge in [0.2, 0.25) is 5.91 Å². The molecule has 1 heterocycles. The molecule has 0 spiro atoms. The lowest BCUT2D eigenvalue weighted by Gasteiger charge is -2.39. The van der Waals surface area contributed by atoms with Crippen LogP contribution in [0.15, 0.2) is 0 Å². The summed E-state index contributed by atoms with van der Waals surface area (Å²) in [5.74, 6) is 0.175. The summed E-state index contributed by atoms with van der Waals surface area (Å²) >= 11 is 0. The molecule has 0 bridgehead atoms. The number of rotatable bonds is 3. The zero-order valence-corrected chi connectivity index (χ0v) is 8.87. The third kappa shape index (κ3) is 2.19. The topological polar surface area (TPSA) is 35.6 Å². The SMILES string of the molecule is CC(C(=O)N(C)C)N(C)C1CNC1. The molecule has 0 aliphatic carbocycles. The smallest absolute Gasteiger partial charge is 0.239 e. The van der Waals surface area contributed by atoms with E-state index < -0.39 is 0 Å². The normalized spacial score (nSPS) is 19.8. The van der Waals surface area contributed by atoms with E-state index in [9.17, 15) is 4.79 Å². The average Bonchev–Trinajstić information content (AvgIpc) is 1.98. The second-order valence-electron chi connectivity index (χ2n) is 3.89. The Bertz CT molecular complexity index is 189. The first-order valence-electron chi connectivity index (χ1n) is 4.68. The van der Waals surface area contributed by atoms with Crippen LogP contribution < -0.4 is 5.32 Å². The van der Waals surface area contributed by atoms with Crippen molar-refractivity contribution >= 4 is 5.91 Å². The lowest BCUT2D eigenvalue weighted by molar-refractivity contribution is -0.134. The number of nitrogens with one attached hydrogen (secondary N) is 1. The maximum atomic E-state index is 11.6. The fraction of sp³-hybridized carbons (Fsp3) is 0.889. The number of nitrogens with zero attached hydrogens (tertiary/aromatic N) is 2. The summed E-state index contributed by atoms with van der Waals surface area (Å²) in [5, 5.41) is 3.20. The van der Waals surface area contributed by atoms with Gasteiger partial charge in [-0.15, -0.1) is 0 Å². The molecule has 0 aromatic carbocycles. The predicted molar refractivity (Wildman–Crippen MR) is 52.6 cm³/mol. The highest BCUT2D eigenvalue weighted by molar-refractivity contribution is 5.80. The molecule has 13 heavy (non-hydrogen) atoms. The standard InChI is InChI=1S/C9H19N3O/c1-7(9(13)11(2)3)12(4)8-5-10-6-8/h7-8,10H,5-6H2,1-4H3. The van der Waals surface area contributed by atoms with E-state index >= 15 is 0 Å². The van der Waals surface area contributed by atoms with Crippen LogP contribution in [0.1, 0.15) is 6.92 Å². The molecule has 4 nitrogen and oxygen atoms in total. The summed E-state index contributed by atoms with van der Waals surface area (Å²) in [5.41, 5.74) is 0. The van der Waals surface area contributed by atoms with Gasteiger partial charge < -0.3 is 10.2 Å². The Kier molecular flexibility index (Phi) is 3.27. The fourth-order valence-electron chi connectivity index (χ4n) is 1.43. The zero-order valence-electron chi connectivity index (χ0n) is 8.87. The number of hydrogen-bond donors (Lipinski definition) is 1. The number of hydrogen-bond acceptors (Lipinski definition) is 3. The molecular formula is C9H19N3O. The summed E-state index contributed by atoms with van der Waals surface area (Å²) in [4.78, 5) is 15.4. The van der Waals surface area contributed by atoms with Gasteiger partial charge in [-0.2, -0.15) is 0 Å². The van der Waals surface area contributed by atoms with Crippen molar-refractivity contribution < 1.29 is 4.79 Å². The minimum atomic E-state index is -0.0119. The molecule has 0 aromatic heterocycles. The van der Waals surface area contributed by atoms with Crippen LogP contribution in [0.4, 0.5) is 0 Å². The quantitative estimate of drug-likeness (QED) is 0.636. The van der Waals surface area contributed by atoms with Gasteiger partial charge in [0.15, 0.2) is 0 Å². The van der Waals surface area contributed by atoms with E-state index in [0.717, 1.165) is 13.1 Å². The molecule has 1 unspecified atom stereocenters. The highest BCUT2D eigenvalue weighted by atomic mass is 16.2. The second-order valence-corrected chi connectivity index (χ2v) is 3.89. The van der Waals surface area contributed by atoms with E-state index in [2.05, 4.69) is 10.2 Å². The molecule has 0 saturated carbocycles. The van der Waals surface area contributed by atoms with Gasteiger partial charge in [0.25, 0.3) is 0 Å². The van der Waals surface area contributed by atoms with Crippen molar-refractivity contribution in [2.45, 2.75) is 19.0 Å². The van der Waals surface area contributed by atoms with E-state index in [-0.39, 0.29) is 11.9 Å². The van der Waals surface area contributed by atoms with Crippen molar-refractivity contribution in [2.75, 3.05) is 34.2 Å². The van der Waals surface area contributed by atoms with Crippen molar-refractivity contribution in [1.29, 1.82) is 0 Å². The molecule has 1 aliphatic rings. The molecule has 0 aromatic rings. The highest BCUT2D eigenvalue weighted by Crippen LogP contribution is 2.08. The molecule has 1 aliphatic heterocycles. The van der Waals surface area contributed by atoms with Gasteiger partial charge in [-0.1, -0.05) is 0 Å². The largest absolute Gasteiger partial charge is 0.347 e. The van der Waals surface area contributed by atoms with Gasteiger partial charge in [0.05, 0.1) is 6.04 Å². The van der Waals surface area contributed by atoms with Crippen LogP contribution in [-0.2, 0) is 4.79 Å². The van der Waals surface area contributed by atoms with Gasteiger partial charge in [-0.05, 0) is 14.0 Å². The van der Waals surface area contributed by atoms with Crippen LogP contribution in [-0.4, -0.2) is 62.0 Å². The Morgan fingerprint density at radius 3 is 2.23 bits per heavy atom. The van der Waals surface area contributed by atoms with E-state index in [1.54, 1.807) is 19.0 Å². The number of amides is 1. The molecule has 1 atom stereocenters. The van der Waals surface area contributed by atoms with Gasteiger partial charge in [0.1, 0.15) is 0 Å². The van der Waals surface area contributed by atoms with Crippen molar-refractivity contribution in [2.24, 2.45) is 0 Å². The monoisotopic (exact) mass is 185 g/mol. The van der Waals surface area contributed by atoms with E-state index in [0.29, 0.717) is 6.04 Å². The van der Waals surface area contributed by atoms with Crippen LogP contribution in [0.2, 0.25) is 0 Å². The Balaban J connectivity index is 2.45. The van der Waals surface area contributed by atoms with Crippen LogP contribution in [0.5, 0.6) is 0 Å². The van der Waals surface area contributed by atoms with Crippen molar-refractivity contribution in [3.8, 4) is 0 Å². The average molecular weight is 185 g/mol. The number of carbonyl (C=O) groups is 1. The summed E-state index contributed by atoms with van der Waals surface area (Å²) in [6.45, 7) is 3.96. The van der Waals surface area contributed by atoms with Crippen LogP contribution >= 0.6 is 0 Å². The zero-order chi connectivity index (χ0) is 10.0. The maximum Gasteiger partial charge on any atom is 0.239 e. The van der Waals surface area contributed by atoms with Gasteiger partial charge in [-0.3, -0.25) is 9.69 Å². The molecule has 1 N–H and O–H groups in total. The van der Waals surface area contributed by atoms with Crippen molar-refractivity contribution in [1.82, 2.24) is 15.1 Å². The number of carbonyl (C=O) groups excluding carboxylic acids is 1. The summed E-state index contributed by atoms with van der Waals surface area (Å²) in [7, 11) is 5.61. The number of likely N-dealkylation sites (N-methyl/N-ethyl adjacent to an activating group) is 2. The van der Waals surface area contributed by atoms with Gasteiger partial charge in [-0.25, -0.2) is 0 Å². The molecule has 1 rings (SSSR count). The molecular weight excluding hydrogens is 166 g/mol. The van der Waals surface area contributed by atoms with Crippen molar-refractivity contribution in [3.63, 3.8) is 0 Å².